The third-order valence-corrected chi connectivity index (χ3v) is 5.63. The fraction of sp³-hybridized carbons (Fsp3) is 0.417. The molecule has 2 N–H and O–H groups in total. The lowest BCUT2D eigenvalue weighted by atomic mass is 9.89. The molecule has 1 aliphatic rings. The largest absolute Gasteiger partial charge is 0.394 e. The number of hydrogen-bond acceptors (Lipinski definition) is 3. The molecule has 1 saturated heterocycles. The van der Waals surface area contributed by atoms with E-state index in [2.05, 4.69) is 5.32 Å². The lowest BCUT2D eigenvalue weighted by molar-refractivity contribution is -0.139. The third kappa shape index (κ3) is 4.85. The molecule has 154 valence electrons. The van der Waals surface area contributed by atoms with Crippen molar-refractivity contribution in [3.05, 3.63) is 71.8 Å². The van der Waals surface area contributed by atoms with Crippen molar-refractivity contribution in [2.75, 3.05) is 13.2 Å². The van der Waals surface area contributed by atoms with Crippen LogP contribution in [0.2, 0.25) is 0 Å². The molecule has 5 heteroatoms. The highest BCUT2D eigenvalue weighted by molar-refractivity contribution is 5.92. The summed E-state index contributed by atoms with van der Waals surface area (Å²) in [5.74, 6) is -0.837. The minimum atomic E-state index is -0.621. The van der Waals surface area contributed by atoms with Gasteiger partial charge in [0.05, 0.1) is 18.6 Å². The van der Waals surface area contributed by atoms with Crippen LogP contribution in [-0.4, -0.2) is 47.1 Å². The summed E-state index contributed by atoms with van der Waals surface area (Å²) in [4.78, 5) is 28.3. The zero-order valence-electron chi connectivity index (χ0n) is 17.1. The molecular formula is C24H30N2O3. The number of nitrogens with zero attached hydrogens (tertiary/aromatic N) is 1. The van der Waals surface area contributed by atoms with Gasteiger partial charge in [-0.25, -0.2) is 0 Å². The Kier molecular flexibility index (Phi) is 7.04. The maximum Gasteiger partial charge on any atom is 0.245 e. The number of aliphatic hydroxyl groups excluding tert-OH is 1. The molecule has 0 aromatic heterocycles. The van der Waals surface area contributed by atoms with Crippen molar-refractivity contribution in [2.45, 2.75) is 44.7 Å². The summed E-state index contributed by atoms with van der Waals surface area (Å²) in [6.07, 6.45) is 1.68. The monoisotopic (exact) mass is 394 g/mol. The lowest BCUT2D eigenvalue weighted by Crippen LogP contribution is -2.53. The maximum absolute atomic E-state index is 13.4. The van der Waals surface area contributed by atoms with Crippen LogP contribution in [0.3, 0.4) is 0 Å². The number of nitrogens with one attached hydrogen (secondary N) is 1. The highest BCUT2D eigenvalue weighted by Crippen LogP contribution is 2.26. The van der Waals surface area contributed by atoms with Crippen molar-refractivity contribution >= 4 is 11.8 Å². The fourth-order valence-corrected chi connectivity index (χ4v) is 4.03. The van der Waals surface area contributed by atoms with E-state index in [4.69, 9.17) is 0 Å². The predicted octanol–water partition coefficient (Wildman–Crippen LogP) is 2.94. The van der Waals surface area contributed by atoms with Gasteiger partial charge in [-0.05, 0) is 29.9 Å². The Labute approximate surface area is 172 Å². The number of carbonyl (C=O) groups is 2. The minimum absolute atomic E-state index is 0.0405. The molecule has 0 radical (unpaired) electrons. The summed E-state index contributed by atoms with van der Waals surface area (Å²) in [5, 5.41) is 12.6. The zero-order valence-corrected chi connectivity index (χ0v) is 17.1. The maximum atomic E-state index is 13.4. The van der Waals surface area contributed by atoms with Gasteiger partial charge in [-0.15, -0.1) is 0 Å². The molecule has 1 heterocycles. The molecule has 3 rings (SSSR count). The summed E-state index contributed by atoms with van der Waals surface area (Å²) >= 11 is 0. The zero-order chi connectivity index (χ0) is 20.8. The average Bonchev–Trinajstić information content (AvgIpc) is 3.22. The van der Waals surface area contributed by atoms with Crippen LogP contribution in [0, 0.1) is 5.92 Å². The van der Waals surface area contributed by atoms with Gasteiger partial charge in [-0.2, -0.15) is 0 Å². The Morgan fingerprint density at radius 1 is 1.03 bits per heavy atom. The Morgan fingerprint density at radius 2 is 1.59 bits per heavy atom. The van der Waals surface area contributed by atoms with Crippen LogP contribution in [-0.2, 0) is 9.59 Å². The molecule has 0 bridgehead atoms. The van der Waals surface area contributed by atoms with E-state index in [1.165, 1.54) is 0 Å². The van der Waals surface area contributed by atoms with Crippen molar-refractivity contribution in [2.24, 2.45) is 5.92 Å². The molecule has 1 fully saturated rings. The van der Waals surface area contributed by atoms with Gasteiger partial charge >= 0.3 is 0 Å². The van der Waals surface area contributed by atoms with Crippen LogP contribution in [0.5, 0.6) is 0 Å². The first-order chi connectivity index (χ1) is 14.0. The van der Waals surface area contributed by atoms with Crippen molar-refractivity contribution < 1.29 is 14.7 Å². The molecule has 2 amide bonds. The van der Waals surface area contributed by atoms with Crippen molar-refractivity contribution in [1.29, 1.82) is 0 Å². The summed E-state index contributed by atoms with van der Waals surface area (Å²) in [6, 6.07) is 18.5. The second kappa shape index (κ2) is 9.70. The van der Waals surface area contributed by atoms with Crippen molar-refractivity contribution in [3.8, 4) is 0 Å². The molecule has 2 aromatic carbocycles. The summed E-state index contributed by atoms with van der Waals surface area (Å²) < 4.78 is 0. The van der Waals surface area contributed by atoms with Gasteiger partial charge in [0.1, 0.15) is 6.04 Å². The van der Waals surface area contributed by atoms with Gasteiger partial charge in [0.15, 0.2) is 0 Å². The molecular weight excluding hydrogens is 364 g/mol. The lowest BCUT2D eigenvalue weighted by Gasteiger charge is -2.31. The van der Waals surface area contributed by atoms with E-state index in [9.17, 15) is 14.7 Å². The first-order valence-corrected chi connectivity index (χ1v) is 10.3. The summed E-state index contributed by atoms with van der Waals surface area (Å²) in [7, 11) is 0. The summed E-state index contributed by atoms with van der Waals surface area (Å²) in [5.41, 5.74) is 1.78. The van der Waals surface area contributed by atoms with E-state index in [1.807, 2.05) is 74.5 Å². The van der Waals surface area contributed by atoms with E-state index < -0.39 is 12.0 Å². The van der Waals surface area contributed by atoms with Gasteiger partial charge in [-0.3, -0.25) is 9.59 Å². The van der Waals surface area contributed by atoms with E-state index >= 15 is 0 Å². The van der Waals surface area contributed by atoms with E-state index in [0.717, 1.165) is 24.0 Å². The van der Waals surface area contributed by atoms with Crippen LogP contribution in [0.25, 0.3) is 0 Å². The Bertz CT molecular complexity index is 768. The Balaban J connectivity index is 1.86. The molecule has 5 nitrogen and oxygen atoms in total. The molecule has 2 aromatic rings. The molecule has 29 heavy (non-hydrogen) atoms. The summed E-state index contributed by atoms with van der Waals surface area (Å²) in [6.45, 7) is 4.46. The molecule has 0 unspecified atom stereocenters. The van der Waals surface area contributed by atoms with Gasteiger partial charge in [0.25, 0.3) is 0 Å². The van der Waals surface area contributed by atoms with Gasteiger partial charge in [0, 0.05) is 6.54 Å². The normalized spacial score (nSPS) is 17.6. The van der Waals surface area contributed by atoms with Crippen LogP contribution in [0.4, 0.5) is 0 Å². The molecule has 2 atom stereocenters. The van der Waals surface area contributed by atoms with Crippen LogP contribution < -0.4 is 5.32 Å². The van der Waals surface area contributed by atoms with Crippen molar-refractivity contribution in [1.82, 2.24) is 10.2 Å². The predicted molar refractivity (Wildman–Crippen MR) is 113 cm³/mol. The van der Waals surface area contributed by atoms with E-state index in [0.29, 0.717) is 6.54 Å². The quantitative estimate of drug-likeness (QED) is 0.759. The highest BCUT2D eigenvalue weighted by Gasteiger charge is 2.36. The second-order valence-electron chi connectivity index (χ2n) is 7.99. The van der Waals surface area contributed by atoms with E-state index in [-0.39, 0.29) is 30.4 Å². The highest BCUT2D eigenvalue weighted by atomic mass is 16.3. The number of hydrogen-bond donors (Lipinski definition) is 2. The van der Waals surface area contributed by atoms with Gasteiger partial charge in [0.2, 0.25) is 11.8 Å². The molecule has 0 saturated carbocycles. The molecule has 0 spiro atoms. The topological polar surface area (TPSA) is 69.6 Å². The first-order valence-electron chi connectivity index (χ1n) is 10.3. The number of carbonyl (C=O) groups excluding carboxylic acids is 2. The minimum Gasteiger partial charge on any atom is -0.394 e. The Hall–Kier alpha value is -2.66. The van der Waals surface area contributed by atoms with Gasteiger partial charge in [-0.1, -0.05) is 74.5 Å². The number of amides is 2. The van der Waals surface area contributed by atoms with Crippen LogP contribution in [0.15, 0.2) is 60.7 Å². The SMILES string of the molecule is CC(C)[C@H](NC(=O)C(c1ccccc1)c1ccccc1)C(=O)N1CCC[C@H]1CO. The first kappa shape index (κ1) is 21.1. The van der Waals surface area contributed by atoms with E-state index in [1.54, 1.807) is 4.90 Å². The second-order valence-corrected chi connectivity index (χ2v) is 7.99. The van der Waals surface area contributed by atoms with Crippen LogP contribution >= 0.6 is 0 Å². The fourth-order valence-electron chi connectivity index (χ4n) is 4.03. The number of benzene rings is 2. The van der Waals surface area contributed by atoms with Gasteiger partial charge < -0.3 is 15.3 Å². The Morgan fingerprint density at radius 3 is 2.07 bits per heavy atom. The molecule has 1 aliphatic heterocycles. The number of likely N-dealkylation sites (tertiary alicyclic amines) is 1. The number of rotatable bonds is 7. The smallest absolute Gasteiger partial charge is 0.245 e. The van der Waals surface area contributed by atoms with Crippen LogP contribution in [0.1, 0.15) is 43.7 Å². The third-order valence-electron chi connectivity index (χ3n) is 5.63. The number of aliphatic hydroxyl groups is 1. The average molecular weight is 395 g/mol. The van der Waals surface area contributed by atoms with Crippen molar-refractivity contribution in [3.63, 3.8) is 0 Å². The standard InChI is InChI=1S/C24H30N2O3/c1-17(2)22(24(29)26-15-9-14-20(26)16-27)25-23(28)21(18-10-5-3-6-11-18)19-12-7-4-8-13-19/h3-8,10-13,17,20-22,27H,9,14-16H2,1-2H3,(H,25,28)/t20-,22-/m0/s1. The molecule has 0 aliphatic carbocycles.